The molecule has 0 aromatic heterocycles. The van der Waals surface area contributed by atoms with Gasteiger partial charge < -0.3 is 0 Å². The van der Waals surface area contributed by atoms with Gasteiger partial charge in [0.15, 0.2) is 17.1 Å². The molecule has 2 heteroatoms. The first-order chi connectivity index (χ1) is 11.8. The molecule has 1 saturated carbocycles. The molecule has 0 spiro atoms. The van der Waals surface area contributed by atoms with Gasteiger partial charge in [0.25, 0.3) is 0 Å². The highest BCUT2D eigenvalue weighted by Crippen LogP contribution is 2.48. The molecule has 4 rings (SSSR count). The third kappa shape index (κ3) is 2.22. The molecule has 2 heterocycles. The summed E-state index contributed by atoms with van der Waals surface area (Å²) in [7, 11) is 4.52. The average molecular weight is 337 g/mol. The van der Waals surface area contributed by atoms with Crippen molar-refractivity contribution in [2.75, 3.05) is 14.1 Å². The molecular weight excluding hydrogens is 304 g/mol. The van der Waals surface area contributed by atoms with Gasteiger partial charge in [0.05, 0.1) is 22.8 Å². The Bertz CT molecular complexity index is 833. The summed E-state index contributed by atoms with van der Waals surface area (Å²) in [6, 6.07) is 8.86. The molecule has 1 aromatic carbocycles. The summed E-state index contributed by atoms with van der Waals surface area (Å²) in [5.41, 5.74) is 7.64. The number of rotatable bonds is 1. The second-order valence-electron chi connectivity index (χ2n) is 9.19. The first-order valence-corrected chi connectivity index (χ1v) is 9.78. The maximum atomic E-state index is 2.53. The van der Waals surface area contributed by atoms with Crippen LogP contribution in [-0.4, -0.2) is 34.7 Å². The zero-order valence-corrected chi connectivity index (χ0v) is 16.7. The average Bonchev–Trinajstić information content (AvgIpc) is 2.90. The lowest BCUT2D eigenvalue weighted by atomic mass is 9.70. The zero-order valence-electron chi connectivity index (χ0n) is 16.7. The molecule has 1 aromatic rings. The predicted octanol–water partition coefficient (Wildman–Crippen LogP) is 4.89. The van der Waals surface area contributed by atoms with Crippen molar-refractivity contribution in [3.63, 3.8) is 0 Å². The van der Waals surface area contributed by atoms with Crippen LogP contribution in [0.2, 0.25) is 0 Å². The standard InChI is InChI=1S/C23H32N2/c1-22(2)16-11-7-9-13-18(16)24(5)20(22)15-21-23(3,4)17-12-8-10-14-19(17)25(21)6/h7,9,11,13,15,17H,8,10,12,14H2,1-6H3/q+2. The van der Waals surface area contributed by atoms with Crippen molar-refractivity contribution < 1.29 is 9.15 Å². The van der Waals surface area contributed by atoms with E-state index in [1.54, 1.807) is 5.71 Å². The van der Waals surface area contributed by atoms with Gasteiger partial charge in [0, 0.05) is 18.1 Å². The van der Waals surface area contributed by atoms with E-state index >= 15 is 0 Å². The number of hydrogen-bond donors (Lipinski definition) is 0. The van der Waals surface area contributed by atoms with Gasteiger partial charge in [-0.15, -0.1) is 0 Å². The largest absolute Gasteiger partial charge is 0.209 e. The highest BCUT2D eigenvalue weighted by molar-refractivity contribution is 6.03. The normalized spacial score (nSPS) is 28.6. The molecule has 132 valence electrons. The maximum absolute atomic E-state index is 2.53. The van der Waals surface area contributed by atoms with Crippen LogP contribution in [0.3, 0.4) is 0 Å². The fraction of sp³-hybridized carbons (Fsp3) is 0.565. The summed E-state index contributed by atoms with van der Waals surface area (Å²) in [6.45, 7) is 9.63. The summed E-state index contributed by atoms with van der Waals surface area (Å²) in [5, 5.41) is 0. The van der Waals surface area contributed by atoms with Crippen molar-refractivity contribution in [1.29, 1.82) is 0 Å². The van der Waals surface area contributed by atoms with Crippen molar-refractivity contribution in [2.45, 2.75) is 58.8 Å². The highest BCUT2D eigenvalue weighted by atomic mass is 15.1. The van der Waals surface area contributed by atoms with Gasteiger partial charge in [-0.1, -0.05) is 24.6 Å². The molecule has 1 unspecified atom stereocenters. The maximum Gasteiger partial charge on any atom is 0.209 e. The van der Waals surface area contributed by atoms with Gasteiger partial charge >= 0.3 is 0 Å². The summed E-state index contributed by atoms with van der Waals surface area (Å²) in [5.74, 6) is 0.718. The van der Waals surface area contributed by atoms with Crippen LogP contribution in [0.5, 0.6) is 0 Å². The Morgan fingerprint density at radius 1 is 1.00 bits per heavy atom. The number of benzene rings is 1. The minimum Gasteiger partial charge on any atom is -0.205 e. The van der Waals surface area contributed by atoms with Crippen LogP contribution in [0.25, 0.3) is 0 Å². The van der Waals surface area contributed by atoms with E-state index in [-0.39, 0.29) is 10.8 Å². The van der Waals surface area contributed by atoms with Crippen molar-refractivity contribution >= 4 is 17.1 Å². The topological polar surface area (TPSA) is 6.02 Å². The van der Waals surface area contributed by atoms with Gasteiger partial charge in [-0.05, 0) is 40.5 Å². The van der Waals surface area contributed by atoms with Crippen molar-refractivity contribution in [3.05, 3.63) is 41.6 Å². The number of hydrogen-bond acceptors (Lipinski definition) is 0. The van der Waals surface area contributed by atoms with Gasteiger partial charge in [-0.3, -0.25) is 0 Å². The van der Waals surface area contributed by atoms with E-state index in [0.29, 0.717) is 0 Å². The fourth-order valence-electron chi connectivity index (χ4n) is 5.61. The molecule has 25 heavy (non-hydrogen) atoms. The lowest BCUT2D eigenvalue weighted by Gasteiger charge is -2.27. The lowest BCUT2D eigenvalue weighted by Crippen LogP contribution is -2.31. The van der Waals surface area contributed by atoms with Crippen molar-refractivity contribution in [1.82, 2.24) is 0 Å². The minimum absolute atomic E-state index is 0.0493. The lowest BCUT2D eigenvalue weighted by molar-refractivity contribution is -0.448. The molecule has 1 atom stereocenters. The van der Waals surface area contributed by atoms with E-state index in [9.17, 15) is 0 Å². The number of para-hydroxylation sites is 1. The quantitative estimate of drug-likeness (QED) is 0.644. The summed E-state index contributed by atoms with van der Waals surface area (Å²) >= 11 is 0. The van der Waals surface area contributed by atoms with Crippen LogP contribution in [0.4, 0.5) is 5.69 Å². The van der Waals surface area contributed by atoms with Gasteiger partial charge in [0.2, 0.25) is 5.69 Å². The summed E-state index contributed by atoms with van der Waals surface area (Å²) in [6.07, 6.45) is 7.86. The van der Waals surface area contributed by atoms with Gasteiger partial charge in [-0.2, -0.15) is 4.58 Å². The van der Waals surface area contributed by atoms with E-state index in [1.807, 2.05) is 0 Å². The van der Waals surface area contributed by atoms with E-state index in [2.05, 4.69) is 81.3 Å². The predicted molar refractivity (Wildman–Crippen MR) is 105 cm³/mol. The second kappa shape index (κ2) is 5.40. The Labute approximate surface area is 152 Å². The van der Waals surface area contributed by atoms with E-state index in [0.717, 1.165) is 5.92 Å². The Morgan fingerprint density at radius 2 is 1.72 bits per heavy atom. The first-order valence-electron chi connectivity index (χ1n) is 9.78. The van der Waals surface area contributed by atoms with Crippen LogP contribution in [0, 0.1) is 11.3 Å². The molecule has 0 saturated heterocycles. The Hall–Kier alpha value is -1.70. The first kappa shape index (κ1) is 16.8. The van der Waals surface area contributed by atoms with Crippen molar-refractivity contribution in [3.8, 4) is 0 Å². The molecule has 1 aliphatic carbocycles. The summed E-state index contributed by atoms with van der Waals surface area (Å²) in [4.78, 5) is 0. The molecule has 2 nitrogen and oxygen atoms in total. The molecule has 0 N–H and O–H groups in total. The number of allylic oxidation sites excluding steroid dienone is 2. The molecule has 3 aliphatic rings. The Balaban J connectivity index is 1.87. The van der Waals surface area contributed by atoms with Crippen LogP contribution in [-0.2, 0) is 5.41 Å². The third-order valence-corrected chi connectivity index (χ3v) is 7.12. The van der Waals surface area contributed by atoms with Crippen LogP contribution in [0.15, 0.2) is 36.0 Å². The fourth-order valence-corrected chi connectivity index (χ4v) is 5.61. The third-order valence-electron chi connectivity index (χ3n) is 7.12. The number of nitrogens with zero attached hydrogens (tertiary/aromatic N) is 2. The Kier molecular flexibility index (Phi) is 3.62. The van der Waals surface area contributed by atoms with Crippen LogP contribution in [0.1, 0.15) is 58.9 Å². The zero-order chi connectivity index (χ0) is 18.0. The molecule has 1 fully saturated rings. The molecule has 2 aliphatic heterocycles. The summed E-state index contributed by atoms with van der Waals surface area (Å²) < 4.78 is 4.93. The second-order valence-corrected chi connectivity index (χ2v) is 9.19. The molecule has 0 amide bonds. The molecular formula is C23H32N2+2. The van der Waals surface area contributed by atoms with Crippen LogP contribution >= 0.6 is 0 Å². The molecule has 0 bridgehead atoms. The van der Waals surface area contributed by atoms with E-state index in [1.165, 1.54) is 48.3 Å². The van der Waals surface area contributed by atoms with E-state index < -0.39 is 0 Å². The van der Waals surface area contributed by atoms with Crippen LogP contribution < -0.4 is 0 Å². The van der Waals surface area contributed by atoms with Gasteiger partial charge in [-0.25, -0.2) is 4.58 Å². The monoisotopic (exact) mass is 336 g/mol. The highest BCUT2D eigenvalue weighted by Gasteiger charge is 2.53. The van der Waals surface area contributed by atoms with Crippen molar-refractivity contribution in [2.24, 2.45) is 11.3 Å². The minimum atomic E-state index is 0.0493. The smallest absolute Gasteiger partial charge is 0.205 e. The van der Waals surface area contributed by atoms with E-state index in [4.69, 9.17) is 0 Å². The Morgan fingerprint density at radius 3 is 2.40 bits per heavy atom. The SMILES string of the molecule is C[N+]1=C2CCCCC2C(C)(C)C1=CC1=[N+](C)c2ccccc2C1(C)C. The number of fused-ring (bicyclic) bond motifs is 2. The molecule has 0 radical (unpaired) electrons. The van der Waals surface area contributed by atoms with Gasteiger partial charge in [0.1, 0.15) is 14.1 Å².